The predicted octanol–water partition coefficient (Wildman–Crippen LogP) is 3.78. The van der Waals surface area contributed by atoms with Crippen LogP contribution in [0.1, 0.15) is 31.4 Å². The molecule has 0 radical (unpaired) electrons. The molecule has 1 aromatic heterocycles. The van der Waals surface area contributed by atoms with Crippen LogP contribution in [0.25, 0.3) is 11.1 Å². The summed E-state index contributed by atoms with van der Waals surface area (Å²) in [6.07, 6.45) is 5.83. The molecule has 1 aliphatic rings. The molecule has 0 spiro atoms. The second-order valence-electron chi connectivity index (χ2n) is 5.77. The Bertz CT molecular complexity index is 684. The van der Waals surface area contributed by atoms with Crippen molar-refractivity contribution >= 4 is 5.69 Å². The second kappa shape index (κ2) is 5.57. The van der Waals surface area contributed by atoms with Crippen LogP contribution in [0.2, 0.25) is 0 Å². The molecule has 2 heterocycles. The van der Waals surface area contributed by atoms with Crippen LogP contribution in [-0.2, 0) is 6.42 Å². The minimum absolute atomic E-state index is 0.458. The molecule has 2 aromatic rings. The first-order chi connectivity index (χ1) is 10.2. The van der Waals surface area contributed by atoms with E-state index in [1.807, 2.05) is 18.3 Å². The van der Waals surface area contributed by atoms with E-state index in [9.17, 15) is 5.26 Å². The standard InChI is InChI=1S/C18H19N3/c1-13(2)21-8-4-6-14-9-17(15-5-3-7-20-12-15)16(11-19)10-18(14)21/h3,5,7,9-10,12-13H,4,6,8H2,1-2H3. The molecule has 106 valence electrons. The Morgan fingerprint density at radius 1 is 1.33 bits per heavy atom. The lowest BCUT2D eigenvalue weighted by atomic mass is 9.92. The van der Waals surface area contributed by atoms with Crippen LogP contribution in [-0.4, -0.2) is 17.6 Å². The normalized spacial score (nSPS) is 13.9. The molecule has 0 atom stereocenters. The number of rotatable bonds is 2. The van der Waals surface area contributed by atoms with Crippen molar-refractivity contribution in [2.24, 2.45) is 0 Å². The number of hydrogen-bond donors (Lipinski definition) is 0. The number of anilines is 1. The van der Waals surface area contributed by atoms with Crippen LogP contribution in [0.5, 0.6) is 0 Å². The average molecular weight is 277 g/mol. The van der Waals surface area contributed by atoms with Crippen molar-refractivity contribution in [2.75, 3.05) is 11.4 Å². The second-order valence-corrected chi connectivity index (χ2v) is 5.77. The average Bonchev–Trinajstić information content (AvgIpc) is 2.53. The number of fused-ring (bicyclic) bond motifs is 1. The van der Waals surface area contributed by atoms with Crippen LogP contribution < -0.4 is 4.90 Å². The largest absolute Gasteiger partial charge is 0.369 e. The molecule has 3 heteroatoms. The Morgan fingerprint density at radius 3 is 2.86 bits per heavy atom. The molecule has 0 fully saturated rings. The fourth-order valence-corrected chi connectivity index (χ4v) is 3.05. The number of aromatic nitrogens is 1. The van der Waals surface area contributed by atoms with E-state index in [1.54, 1.807) is 6.20 Å². The van der Waals surface area contributed by atoms with Crippen LogP contribution in [0.15, 0.2) is 36.7 Å². The van der Waals surface area contributed by atoms with Crippen molar-refractivity contribution in [1.29, 1.82) is 5.26 Å². The Balaban J connectivity index is 2.15. The molecule has 0 aliphatic carbocycles. The van der Waals surface area contributed by atoms with Crippen LogP contribution >= 0.6 is 0 Å². The molecule has 0 amide bonds. The summed E-state index contributed by atoms with van der Waals surface area (Å²) in [4.78, 5) is 6.57. The van der Waals surface area contributed by atoms with E-state index in [2.05, 4.69) is 41.9 Å². The lowest BCUT2D eigenvalue weighted by Crippen LogP contribution is -2.35. The van der Waals surface area contributed by atoms with Crippen molar-refractivity contribution < 1.29 is 0 Å². The monoisotopic (exact) mass is 277 g/mol. The summed E-state index contributed by atoms with van der Waals surface area (Å²) < 4.78 is 0. The van der Waals surface area contributed by atoms with E-state index >= 15 is 0 Å². The van der Waals surface area contributed by atoms with Gasteiger partial charge in [-0.3, -0.25) is 4.98 Å². The van der Waals surface area contributed by atoms with E-state index in [0.717, 1.165) is 29.7 Å². The highest BCUT2D eigenvalue weighted by Crippen LogP contribution is 2.35. The number of nitrogens with zero attached hydrogens (tertiary/aromatic N) is 3. The third-order valence-electron chi connectivity index (χ3n) is 4.09. The summed E-state index contributed by atoms with van der Waals surface area (Å²) in [5, 5.41) is 9.52. The van der Waals surface area contributed by atoms with Gasteiger partial charge in [-0.25, -0.2) is 0 Å². The van der Waals surface area contributed by atoms with Gasteiger partial charge in [-0.15, -0.1) is 0 Å². The van der Waals surface area contributed by atoms with Gasteiger partial charge in [0.05, 0.1) is 11.6 Å². The van der Waals surface area contributed by atoms with E-state index < -0.39 is 0 Å². The molecule has 0 saturated carbocycles. The molecule has 3 nitrogen and oxygen atoms in total. The topological polar surface area (TPSA) is 39.9 Å². The van der Waals surface area contributed by atoms with E-state index in [0.29, 0.717) is 6.04 Å². The summed E-state index contributed by atoms with van der Waals surface area (Å²) in [5.41, 5.74) is 5.30. The van der Waals surface area contributed by atoms with Gasteiger partial charge in [0.25, 0.3) is 0 Å². The highest BCUT2D eigenvalue weighted by atomic mass is 15.2. The van der Waals surface area contributed by atoms with Crippen molar-refractivity contribution in [3.8, 4) is 17.2 Å². The number of hydrogen-bond acceptors (Lipinski definition) is 3. The highest BCUT2D eigenvalue weighted by molar-refractivity contribution is 5.76. The minimum Gasteiger partial charge on any atom is -0.369 e. The van der Waals surface area contributed by atoms with Crippen LogP contribution in [0, 0.1) is 11.3 Å². The summed E-state index contributed by atoms with van der Waals surface area (Å²) >= 11 is 0. The SMILES string of the molecule is CC(C)N1CCCc2cc(-c3cccnc3)c(C#N)cc21. The van der Waals surface area contributed by atoms with E-state index in [4.69, 9.17) is 0 Å². The molecule has 0 saturated heterocycles. The van der Waals surface area contributed by atoms with Gasteiger partial charge in [-0.2, -0.15) is 5.26 Å². The van der Waals surface area contributed by atoms with Crippen molar-refractivity contribution in [2.45, 2.75) is 32.7 Å². The van der Waals surface area contributed by atoms with Crippen LogP contribution in [0.4, 0.5) is 5.69 Å². The summed E-state index contributed by atoms with van der Waals surface area (Å²) in [6, 6.07) is 11.0. The summed E-state index contributed by atoms with van der Waals surface area (Å²) in [7, 11) is 0. The van der Waals surface area contributed by atoms with Gasteiger partial charge in [0, 0.05) is 41.8 Å². The lowest BCUT2D eigenvalue weighted by Gasteiger charge is -2.35. The Hall–Kier alpha value is -2.34. The molecule has 1 aliphatic heterocycles. The third-order valence-corrected chi connectivity index (χ3v) is 4.09. The number of benzene rings is 1. The molecule has 0 bridgehead atoms. The zero-order valence-corrected chi connectivity index (χ0v) is 12.5. The summed E-state index contributed by atoms with van der Waals surface area (Å²) in [6.45, 7) is 5.48. The quantitative estimate of drug-likeness (QED) is 0.838. The Labute approximate surface area is 125 Å². The number of aryl methyl sites for hydroxylation is 1. The molecular weight excluding hydrogens is 258 g/mol. The number of pyridine rings is 1. The predicted molar refractivity (Wildman–Crippen MR) is 85.2 cm³/mol. The lowest BCUT2D eigenvalue weighted by molar-refractivity contribution is 0.625. The minimum atomic E-state index is 0.458. The fourth-order valence-electron chi connectivity index (χ4n) is 3.05. The Morgan fingerprint density at radius 2 is 2.19 bits per heavy atom. The zero-order valence-electron chi connectivity index (χ0n) is 12.5. The van der Waals surface area contributed by atoms with Crippen molar-refractivity contribution in [3.63, 3.8) is 0 Å². The molecule has 21 heavy (non-hydrogen) atoms. The van der Waals surface area contributed by atoms with Gasteiger partial charge >= 0.3 is 0 Å². The maximum atomic E-state index is 9.52. The van der Waals surface area contributed by atoms with Gasteiger partial charge in [0.15, 0.2) is 0 Å². The van der Waals surface area contributed by atoms with Gasteiger partial charge in [0.2, 0.25) is 0 Å². The van der Waals surface area contributed by atoms with Gasteiger partial charge in [-0.1, -0.05) is 6.07 Å². The van der Waals surface area contributed by atoms with Crippen LogP contribution in [0.3, 0.4) is 0 Å². The first-order valence-corrected chi connectivity index (χ1v) is 7.45. The van der Waals surface area contributed by atoms with Gasteiger partial charge in [-0.05, 0) is 50.5 Å². The molecule has 0 N–H and O–H groups in total. The van der Waals surface area contributed by atoms with E-state index in [1.165, 1.54) is 17.7 Å². The van der Waals surface area contributed by atoms with Crippen molar-refractivity contribution in [1.82, 2.24) is 4.98 Å². The molecular formula is C18H19N3. The van der Waals surface area contributed by atoms with E-state index in [-0.39, 0.29) is 0 Å². The molecule has 3 rings (SSSR count). The fraction of sp³-hybridized carbons (Fsp3) is 0.333. The van der Waals surface area contributed by atoms with Crippen molar-refractivity contribution in [3.05, 3.63) is 47.8 Å². The highest BCUT2D eigenvalue weighted by Gasteiger charge is 2.21. The molecule has 1 aromatic carbocycles. The third kappa shape index (κ3) is 2.50. The zero-order chi connectivity index (χ0) is 14.8. The number of nitriles is 1. The first-order valence-electron chi connectivity index (χ1n) is 7.45. The summed E-state index contributed by atoms with van der Waals surface area (Å²) in [5.74, 6) is 0. The smallest absolute Gasteiger partial charge is 0.0998 e. The molecule has 0 unspecified atom stereocenters. The van der Waals surface area contributed by atoms with Gasteiger partial charge < -0.3 is 4.90 Å². The maximum absolute atomic E-state index is 9.52. The Kier molecular flexibility index (Phi) is 3.62. The maximum Gasteiger partial charge on any atom is 0.0998 e. The van der Waals surface area contributed by atoms with Gasteiger partial charge in [0.1, 0.15) is 0 Å². The first kappa shape index (κ1) is 13.6.